The molecule has 0 fully saturated rings. The van der Waals surface area contributed by atoms with Gasteiger partial charge in [0.05, 0.1) is 11.1 Å². The van der Waals surface area contributed by atoms with Crippen molar-refractivity contribution >= 4 is 11.6 Å². The number of benzene rings is 2. The molecule has 0 atom stereocenters. The molecule has 0 unspecified atom stereocenters. The van der Waals surface area contributed by atoms with Gasteiger partial charge in [-0.3, -0.25) is 4.79 Å². The molecule has 0 saturated heterocycles. The number of fused-ring (bicyclic) bond motifs is 1. The Morgan fingerprint density at radius 3 is 2.79 bits per heavy atom. The molecule has 0 saturated carbocycles. The average molecular weight is 387 g/mol. The summed E-state index contributed by atoms with van der Waals surface area (Å²) in [7, 11) is 1.79. The maximum atomic E-state index is 12.5. The van der Waals surface area contributed by atoms with Gasteiger partial charge in [-0.15, -0.1) is 5.10 Å². The molecular weight excluding hydrogens is 366 g/mol. The van der Waals surface area contributed by atoms with E-state index in [2.05, 4.69) is 15.4 Å². The maximum absolute atomic E-state index is 12.5. The van der Waals surface area contributed by atoms with Gasteiger partial charge in [0.15, 0.2) is 5.69 Å². The Balaban J connectivity index is 1.59. The number of carbonyl (C=O) groups excluding carboxylic acids is 1. The molecule has 7 nitrogen and oxygen atoms in total. The van der Waals surface area contributed by atoms with E-state index in [1.54, 1.807) is 11.9 Å². The van der Waals surface area contributed by atoms with Gasteiger partial charge < -0.3 is 9.64 Å². The molecule has 0 aliphatic carbocycles. The lowest BCUT2D eigenvalue weighted by atomic mass is 9.85. The lowest BCUT2D eigenvalue weighted by Gasteiger charge is -2.17. The number of carbonyl (C=O) groups is 1. The summed E-state index contributed by atoms with van der Waals surface area (Å²) in [6.45, 7) is 6.23. The van der Waals surface area contributed by atoms with Gasteiger partial charge >= 0.3 is 0 Å². The molecule has 4 rings (SSSR count). The maximum Gasteiger partial charge on any atom is 0.236 e. The number of amides is 1. The van der Waals surface area contributed by atoms with E-state index in [9.17, 15) is 4.79 Å². The predicted octanol–water partition coefficient (Wildman–Crippen LogP) is 3.48. The molecule has 2 aromatic carbocycles. The fourth-order valence-electron chi connectivity index (χ4n) is 3.73. The zero-order valence-corrected chi connectivity index (χ0v) is 16.8. The number of nitrogens with zero attached hydrogens (tertiary/aromatic N) is 4. The van der Waals surface area contributed by atoms with Crippen LogP contribution in [0.2, 0.25) is 0 Å². The standard InChI is InChI=1S/C22H21N5O2/c1-13-8-16-18(27(4)21(28)22(16,2)3)10-19(13)29-12-14-6-5-7-15(9-14)20-17(11-23)24-26-25-20/h5-10H,12H2,1-4H3,(H,24,25,26). The third-order valence-corrected chi connectivity index (χ3v) is 5.42. The fraction of sp³-hybridized carbons (Fsp3) is 0.273. The van der Waals surface area contributed by atoms with E-state index in [0.29, 0.717) is 12.3 Å². The van der Waals surface area contributed by atoms with Crippen molar-refractivity contribution in [2.24, 2.45) is 0 Å². The van der Waals surface area contributed by atoms with E-state index in [1.807, 2.05) is 63.2 Å². The summed E-state index contributed by atoms with van der Waals surface area (Å²) in [6, 6.07) is 13.7. The summed E-state index contributed by atoms with van der Waals surface area (Å²) >= 11 is 0. The first-order valence-electron chi connectivity index (χ1n) is 9.29. The van der Waals surface area contributed by atoms with Crippen LogP contribution in [0.15, 0.2) is 36.4 Å². The van der Waals surface area contributed by atoms with E-state index in [4.69, 9.17) is 10.00 Å². The second-order valence-electron chi connectivity index (χ2n) is 7.75. The number of ether oxygens (including phenoxy) is 1. The highest BCUT2D eigenvalue weighted by atomic mass is 16.5. The summed E-state index contributed by atoms with van der Waals surface area (Å²) in [5, 5.41) is 19.5. The molecule has 29 heavy (non-hydrogen) atoms. The highest BCUT2D eigenvalue weighted by molar-refractivity contribution is 6.07. The van der Waals surface area contributed by atoms with Crippen LogP contribution in [-0.4, -0.2) is 28.4 Å². The zero-order chi connectivity index (χ0) is 20.8. The van der Waals surface area contributed by atoms with Crippen molar-refractivity contribution in [3.63, 3.8) is 0 Å². The monoisotopic (exact) mass is 387 g/mol. The molecule has 0 bridgehead atoms. The summed E-state index contributed by atoms with van der Waals surface area (Å²) in [6.07, 6.45) is 0. The average Bonchev–Trinajstić information content (AvgIpc) is 3.25. The first-order chi connectivity index (χ1) is 13.8. The normalized spacial score (nSPS) is 14.6. The third kappa shape index (κ3) is 3.03. The predicted molar refractivity (Wildman–Crippen MR) is 108 cm³/mol. The van der Waals surface area contributed by atoms with E-state index in [-0.39, 0.29) is 11.6 Å². The van der Waals surface area contributed by atoms with Crippen molar-refractivity contribution in [1.82, 2.24) is 15.4 Å². The van der Waals surface area contributed by atoms with Crippen LogP contribution in [0.1, 0.15) is 36.2 Å². The van der Waals surface area contributed by atoms with E-state index < -0.39 is 5.41 Å². The van der Waals surface area contributed by atoms with Gasteiger partial charge in [0.1, 0.15) is 24.1 Å². The number of rotatable bonds is 4. The number of H-pyrrole nitrogens is 1. The van der Waals surface area contributed by atoms with Gasteiger partial charge in [0, 0.05) is 18.7 Å². The van der Waals surface area contributed by atoms with Crippen molar-refractivity contribution in [2.45, 2.75) is 32.8 Å². The van der Waals surface area contributed by atoms with Crippen LogP contribution in [0.4, 0.5) is 5.69 Å². The zero-order valence-electron chi connectivity index (χ0n) is 16.8. The topological polar surface area (TPSA) is 94.9 Å². The number of aromatic amines is 1. The Morgan fingerprint density at radius 1 is 1.24 bits per heavy atom. The second-order valence-corrected chi connectivity index (χ2v) is 7.75. The SMILES string of the molecule is Cc1cc2c(cc1OCc1cccc(-c3n[nH]nc3C#N)c1)N(C)C(=O)C2(C)C. The molecule has 1 aliphatic rings. The second kappa shape index (κ2) is 6.74. The van der Waals surface area contributed by atoms with E-state index in [0.717, 1.165) is 33.7 Å². The molecule has 1 amide bonds. The minimum atomic E-state index is -0.530. The van der Waals surface area contributed by atoms with Gasteiger partial charge in [-0.1, -0.05) is 18.2 Å². The lowest BCUT2D eigenvalue weighted by molar-refractivity contribution is -0.121. The van der Waals surface area contributed by atoms with E-state index >= 15 is 0 Å². The highest BCUT2D eigenvalue weighted by Gasteiger charge is 2.42. The number of nitrogens with one attached hydrogen (secondary N) is 1. The lowest BCUT2D eigenvalue weighted by Crippen LogP contribution is -2.33. The Kier molecular flexibility index (Phi) is 4.35. The number of hydrogen-bond acceptors (Lipinski definition) is 5. The minimum Gasteiger partial charge on any atom is -0.489 e. The summed E-state index contributed by atoms with van der Waals surface area (Å²) in [5.74, 6) is 0.823. The largest absolute Gasteiger partial charge is 0.489 e. The number of likely N-dealkylation sites (N-methyl/N-ethyl adjacent to an activating group) is 1. The molecule has 2 heterocycles. The summed E-state index contributed by atoms with van der Waals surface area (Å²) in [5.41, 5.74) is 4.88. The van der Waals surface area contributed by atoms with Crippen LogP contribution in [0.5, 0.6) is 5.75 Å². The molecule has 1 aromatic heterocycles. The molecular formula is C22H21N5O2. The molecule has 146 valence electrons. The number of hydrogen-bond donors (Lipinski definition) is 1. The van der Waals surface area contributed by atoms with Crippen molar-refractivity contribution in [3.8, 4) is 23.1 Å². The molecule has 1 aliphatic heterocycles. The minimum absolute atomic E-state index is 0.0812. The fourth-order valence-corrected chi connectivity index (χ4v) is 3.73. The van der Waals surface area contributed by atoms with Crippen LogP contribution in [-0.2, 0) is 16.8 Å². The van der Waals surface area contributed by atoms with Crippen LogP contribution in [0, 0.1) is 18.3 Å². The van der Waals surface area contributed by atoms with Crippen molar-refractivity contribution in [2.75, 3.05) is 11.9 Å². The van der Waals surface area contributed by atoms with Gasteiger partial charge in [0.2, 0.25) is 5.91 Å². The first kappa shape index (κ1) is 18.7. The van der Waals surface area contributed by atoms with Crippen molar-refractivity contribution in [1.29, 1.82) is 5.26 Å². The number of nitriles is 1. The number of aromatic nitrogens is 3. The molecule has 0 spiro atoms. The highest BCUT2D eigenvalue weighted by Crippen LogP contribution is 2.43. The molecule has 0 radical (unpaired) electrons. The quantitative estimate of drug-likeness (QED) is 0.739. The summed E-state index contributed by atoms with van der Waals surface area (Å²) in [4.78, 5) is 14.2. The third-order valence-electron chi connectivity index (χ3n) is 5.42. The van der Waals surface area contributed by atoms with E-state index in [1.165, 1.54) is 0 Å². The Bertz CT molecular complexity index is 1160. The van der Waals surface area contributed by atoms with Crippen LogP contribution in [0.25, 0.3) is 11.3 Å². The van der Waals surface area contributed by atoms with Gasteiger partial charge in [-0.2, -0.15) is 15.6 Å². The van der Waals surface area contributed by atoms with Crippen LogP contribution < -0.4 is 9.64 Å². The van der Waals surface area contributed by atoms with Gasteiger partial charge in [0.25, 0.3) is 0 Å². The molecule has 7 heteroatoms. The first-order valence-corrected chi connectivity index (χ1v) is 9.29. The molecule has 1 N–H and O–H groups in total. The molecule has 3 aromatic rings. The van der Waals surface area contributed by atoms with Crippen molar-refractivity contribution < 1.29 is 9.53 Å². The Labute approximate surface area is 168 Å². The summed E-state index contributed by atoms with van der Waals surface area (Å²) < 4.78 is 6.08. The van der Waals surface area contributed by atoms with Crippen LogP contribution >= 0.6 is 0 Å². The Hall–Kier alpha value is -3.66. The number of anilines is 1. The number of aryl methyl sites for hydroxylation is 1. The van der Waals surface area contributed by atoms with Crippen molar-refractivity contribution in [3.05, 3.63) is 58.8 Å². The van der Waals surface area contributed by atoms with Gasteiger partial charge in [-0.05, 0) is 49.6 Å². The van der Waals surface area contributed by atoms with Gasteiger partial charge in [-0.25, -0.2) is 0 Å². The Morgan fingerprint density at radius 2 is 2.03 bits per heavy atom. The smallest absolute Gasteiger partial charge is 0.236 e. The van der Waals surface area contributed by atoms with Crippen LogP contribution in [0.3, 0.4) is 0 Å².